The van der Waals surface area contributed by atoms with Crippen LogP contribution in [0.4, 0.5) is 0 Å². The van der Waals surface area contributed by atoms with Crippen molar-refractivity contribution in [2.75, 3.05) is 26.4 Å². The topological polar surface area (TPSA) is 80.7 Å². The third kappa shape index (κ3) is 3.75. The van der Waals surface area contributed by atoms with E-state index in [0.717, 1.165) is 5.56 Å². The number of amides is 1. The van der Waals surface area contributed by atoms with Crippen molar-refractivity contribution in [2.45, 2.75) is 25.5 Å². The molecule has 6 nitrogen and oxygen atoms in total. The summed E-state index contributed by atoms with van der Waals surface area (Å²) in [6, 6.07) is 3.53. The Balaban J connectivity index is 1.99. The second-order valence-corrected chi connectivity index (χ2v) is 4.75. The second-order valence-electron chi connectivity index (χ2n) is 4.75. The summed E-state index contributed by atoms with van der Waals surface area (Å²) in [5.74, 6) is -0.201. The fourth-order valence-electron chi connectivity index (χ4n) is 2.21. The van der Waals surface area contributed by atoms with Crippen LogP contribution < -0.4 is 5.32 Å². The van der Waals surface area contributed by atoms with E-state index in [1.807, 2.05) is 13.0 Å². The Morgan fingerprint density at radius 1 is 1.65 bits per heavy atom. The Morgan fingerprint density at radius 3 is 3.25 bits per heavy atom. The van der Waals surface area contributed by atoms with Gasteiger partial charge in [0.05, 0.1) is 25.9 Å². The van der Waals surface area contributed by atoms with Crippen LogP contribution in [0.25, 0.3) is 0 Å². The van der Waals surface area contributed by atoms with Crippen LogP contribution >= 0.6 is 0 Å². The molecular formula is C14H20N2O4. The van der Waals surface area contributed by atoms with Gasteiger partial charge in [-0.2, -0.15) is 0 Å². The number of hydrogen-bond acceptors (Lipinski definition) is 5. The van der Waals surface area contributed by atoms with Gasteiger partial charge in [-0.1, -0.05) is 6.07 Å². The summed E-state index contributed by atoms with van der Waals surface area (Å²) in [5.41, 5.74) is 1.27. The SMILES string of the molecule is Cc1cccnc1C(=O)N[C@@H]1CCOC[C@H]1OCCO. The molecule has 0 spiro atoms. The average Bonchev–Trinajstić information content (AvgIpc) is 2.46. The number of pyridine rings is 1. The summed E-state index contributed by atoms with van der Waals surface area (Å²) in [5, 5.41) is 11.8. The zero-order valence-electron chi connectivity index (χ0n) is 11.5. The number of rotatable bonds is 5. The molecule has 2 N–H and O–H groups in total. The fourth-order valence-corrected chi connectivity index (χ4v) is 2.21. The van der Waals surface area contributed by atoms with Gasteiger partial charge in [-0.15, -0.1) is 0 Å². The van der Waals surface area contributed by atoms with E-state index in [4.69, 9.17) is 14.6 Å². The van der Waals surface area contributed by atoms with E-state index >= 15 is 0 Å². The van der Waals surface area contributed by atoms with Gasteiger partial charge in [0, 0.05) is 12.8 Å². The Hall–Kier alpha value is -1.50. The van der Waals surface area contributed by atoms with Crippen molar-refractivity contribution < 1.29 is 19.4 Å². The highest BCUT2D eigenvalue weighted by molar-refractivity contribution is 5.93. The minimum absolute atomic E-state index is 0.0451. The number of aliphatic hydroxyl groups is 1. The van der Waals surface area contributed by atoms with Gasteiger partial charge in [0.2, 0.25) is 0 Å². The molecule has 0 saturated carbocycles. The van der Waals surface area contributed by atoms with E-state index in [9.17, 15) is 4.79 Å². The molecule has 1 saturated heterocycles. The van der Waals surface area contributed by atoms with Crippen molar-refractivity contribution in [1.82, 2.24) is 10.3 Å². The molecule has 110 valence electrons. The van der Waals surface area contributed by atoms with Crippen LogP contribution in [0.15, 0.2) is 18.3 Å². The van der Waals surface area contributed by atoms with E-state index < -0.39 is 0 Å². The predicted octanol–water partition coefficient (Wildman–Crippen LogP) is 0.286. The number of nitrogens with one attached hydrogen (secondary N) is 1. The van der Waals surface area contributed by atoms with E-state index in [1.54, 1.807) is 12.3 Å². The first-order valence-electron chi connectivity index (χ1n) is 6.75. The van der Waals surface area contributed by atoms with Crippen LogP contribution in [-0.2, 0) is 9.47 Å². The number of nitrogens with zero attached hydrogens (tertiary/aromatic N) is 1. The smallest absolute Gasteiger partial charge is 0.270 e. The monoisotopic (exact) mass is 280 g/mol. The van der Waals surface area contributed by atoms with Crippen LogP contribution in [0.5, 0.6) is 0 Å². The molecule has 20 heavy (non-hydrogen) atoms. The molecule has 0 bridgehead atoms. The second kappa shape index (κ2) is 7.33. The largest absolute Gasteiger partial charge is 0.394 e. The van der Waals surface area contributed by atoms with Gasteiger partial charge in [0.1, 0.15) is 11.8 Å². The number of carbonyl (C=O) groups excluding carboxylic acids is 1. The van der Waals surface area contributed by atoms with E-state index in [0.29, 0.717) is 25.3 Å². The summed E-state index contributed by atoms with van der Waals surface area (Å²) >= 11 is 0. The van der Waals surface area contributed by atoms with E-state index in [-0.39, 0.29) is 31.3 Å². The number of aryl methyl sites for hydroxylation is 1. The quantitative estimate of drug-likeness (QED) is 0.810. The summed E-state index contributed by atoms with van der Waals surface area (Å²) in [4.78, 5) is 16.3. The summed E-state index contributed by atoms with van der Waals surface area (Å²) in [6.45, 7) is 3.06. The van der Waals surface area contributed by atoms with Gasteiger partial charge in [-0.3, -0.25) is 9.78 Å². The number of ether oxygens (including phenoxy) is 2. The lowest BCUT2D eigenvalue weighted by Crippen LogP contribution is -2.50. The minimum Gasteiger partial charge on any atom is -0.394 e. The number of aliphatic hydroxyl groups excluding tert-OH is 1. The lowest BCUT2D eigenvalue weighted by atomic mass is 10.1. The van der Waals surface area contributed by atoms with Gasteiger partial charge in [-0.25, -0.2) is 0 Å². The standard InChI is InChI=1S/C14H20N2O4/c1-10-3-2-5-15-13(10)14(18)16-11-4-7-19-9-12(11)20-8-6-17/h2-3,5,11-12,17H,4,6-9H2,1H3,(H,16,18)/t11-,12-/m1/s1. The Labute approximate surface area is 118 Å². The van der Waals surface area contributed by atoms with Crippen molar-refractivity contribution in [2.24, 2.45) is 0 Å². The number of hydrogen-bond donors (Lipinski definition) is 2. The van der Waals surface area contributed by atoms with Crippen molar-refractivity contribution in [3.05, 3.63) is 29.6 Å². The molecule has 0 unspecified atom stereocenters. The van der Waals surface area contributed by atoms with Crippen LogP contribution in [0.1, 0.15) is 22.5 Å². The molecule has 2 heterocycles. The highest BCUT2D eigenvalue weighted by atomic mass is 16.5. The highest BCUT2D eigenvalue weighted by Gasteiger charge is 2.28. The van der Waals surface area contributed by atoms with Gasteiger partial charge >= 0.3 is 0 Å². The first kappa shape index (κ1) is 14.9. The van der Waals surface area contributed by atoms with E-state index in [2.05, 4.69) is 10.3 Å². The van der Waals surface area contributed by atoms with Gasteiger partial charge < -0.3 is 19.9 Å². The normalized spacial score (nSPS) is 22.5. The Bertz CT molecular complexity index is 453. The molecule has 0 radical (unpaired) electrons. The molecule has 6 heteroatoms. The maximum Gasteiger partial charge on any atom is 0.270 e. The predicted molar refractivity (Wildman–Crippen MR) is 72.5 cm³/mol. The Kier molecular flexibility index (Phi) is 5.46. The first-order chi connectivity index (χ1) is 9.72. The van der Waals surface area contributed by atoms with Gasteiger partial charge in [0.25, 0.3) is 5.91 Å². The van der Waals surface area contributed by atoms with Crippen molar-refractivity contribution in [3.8, 4) is 0 Å². The van der Waals surface area contributed by atoms with Gasteiger partial charge in [-0.05, 0) is 25.0 Å². The minimum atomic E-state index is -0.233. The number of carbonyl (C=O) groups is 1. The molecule has 0 aromatic carbocycles. The summed E-state index contributed by atoms with van der Waals surface area (Å²) in [7, 11) is 0. The maximum atomic E-state index is 12.2. The zero-order chi connectivity index (χ0) is 14.4. The van der Waals surface area contributed by atoms with Crippen molar-refractivity contribution >= 4 is 5.91 Å². The van der Waals surface area contributed by atoms with E-state index in [1.165, 1.54) is 0 Å². The fraction of sp³-hybridized carbons (Fsp3) is 0.571. The molecule has 1 fully saturated rings. The van der Waals surface area contributed by atoms with Crippen molar-refractivity contribution in [1.29, 1.82) is 0 Å². The lowest BCUT2D eigenvalue weighted by Gasteiger charge is -2.31. The number of aromatic nitrogens is 1. The molecule has 1 aliphatic rings. The Morgan fingerprint density at radius 2 is 2.50 bits per heavy atom. The molecule has 1 aromatic heterocycles. The first-order valence-corrected chi connectivity index (χ1v) is 6.75. The lowest BCUT2D eigenvalue weighted by molar-refractivity contribution is -0.0737. The third-order valence-corrected chi connectivity index (χ3v) is 3.27. The van der Waals surface area contributed by atoms with Gasteiger partial charge in [0.15, 0.2) is 0 Å². The zero-order valence-corrected chi connectivity index (χ0v) is 11.5. The third-order valence-electron chi connectivity index (χ3n) is 3.27. The molecule has 2 rings (SSSR count). The average molecular weight is 280 g/mol. The van der Waals surface area contributed by atoms with Crippen LogP contribution in [0, 0.1) is 6.92 Å². The summed E-state index contributed by atoms with van der Waals surface area (Å²) in [6.07, 6.45) is 2.06. The van der Waals surface area contributed by atoms with Crippen LogP contribution in [-0.4, -0.2) is 54.6 Å². The molecule has 1 aromatic rings. The molecular weight excluding hydrogens is 260 g/mol. The summed E-state index contributed by atoms with van der Waals surface area (Å²) < 4.78 is 10.8. The molecule has 1 amide bonds. The molecule has 1 aliphatic heterocycles. The maximum absolute atomic E-state index is 12.2. The highest BCUT2D eigenvalue weighted by Crippen LogP contribution is 2.13. The van der Waals surface area contributed by atoms with Crippen LogP contribution in [0.3, 0.4) is 0 Å². The van der Waals surface area contributed by atoms with Crippen molar-refractivity contribution in [3.63, 3.8) is 0 Å². The van der Waals surface area contributed by atoms with Crippen LogP contribution in [0.2, 0.25) is 0 Å². The molecule has 2 atom stereocenters. The molecule has 0 aliphatic carbocycles.